The van der Waals surface area contributed by atoms with Crippen LogP contribution in [0.25, 0.3) is 0 Å². The number of ether oxygens (including phenoxy) is 1. The van der Waals surface area contributed by atoms with Gasteiger partial charge in [-0.05, 0) is 42.7 Å². The highest BCUT2D eigenvalue weighted by Gasteiger charge is 2.35. The first-order valence-corrected chi connectivity index (χ1v) is 10.7. The topological polar surface area (TPSA) is 102 Å². The fourth-order valence-corrected chi connectivity index (χ4v) is 3.98. The fourth-order valence-electron chi connectivity index (χ4n) is 3.98. The van der Waals surface area contributed by atoms with Gasteiger partial charge in [0.2, 0.25) is 5.91 Å². The summed E-state index contributed by atoms with van der Waals surface area (Å²) in [4.78, 5) is 36.8. The lowest BCUT2D eigenvalue weighted by atomic mass is 9.94. The number of alkyl halides is 3. The summed E-state index contributed by atoms with van der Waals surface area (Å²) >= 11 is 0. The van der Waals surface area contributed by atoms with Gasteiger partial charge in [0, 0.05) is 25.1 Å². The second-order valence-corrected chi connectivity index (χ2v) is 8.11. The van der Waals surface area contributed by atoms with Crippen LogP contribution >= 0.6 is 0 Å². The number of nitrogens with zero attached hydrogens (tertiary/aromatic N) is 2. The molecule has 1 saturated heterocycles. The van der Waals surface area contributed by atoms with Crippen molar-refractivity contribution in [1.29, 1.82) is 0 Å². The van der Waals surface area contributed by atoms with Crippen molar-refractivity contribution >= 4 is 23.3 Å². The van der Waals surface area contributed by atoms with Crippen LogP contribution in [0.4, 0.5) is 28.9 Å². The Bertz CT molecular complexity index is 1080. The normalized spacial score (nSPS) is 15.4. The molecule has 12 heteroatoms. The third kappa shape index (κ3) is 6.46. The SMILES string of the molecule is COC(=O)CC(NC(=O)C1CCN(c2ccc(C(F)(F)F)cc2[N+](=O)[O-])CC1)c1ccc(F)cc1. The largest absolute Gasteiger partial charge is 0.469 e. The zero-order valence-electron chi connectivity index (χ0n) is 18.7. The molecule has 0 spiro atoms. The van der Waals surface area contributed by atoms with Crippen LogP contribution in [0.1, 0.15) is 36.4 Å². The fraction of sp³-hybridized carbons (Fsp3) is 0.391. The summed E-state index contributed by atoms with van der Waals surface area (Å²) < 4.78 is 56.9. The summed E-state index contributed by atoms with van der Waals surface area (Å²) in [6.07, 6.45) is -4.29. The Hall–Kier alpha value is -3.70. The van der Waals surface area contributed by atoms with Gasteiger partial charge < -0.3 is 15.0 Å². The lowest BCUT2D eigenvalue weighted by molar-refractivity contribution is -0.384. The molecule has 2 aromatic carbocycles. The van der Waals surface area contributed by atoms with Gasteiger partial charge >= 0.3 is 12.1 Å². The van der Waals surface area contributed by atoms with Gasteiger partial charge in [-0.1, -0.05) is 12.1 Å². The van der Waals surface area contributed by atoms with E-state index in [1.807, 2.05) is 0 Å². The molecule has 1 aliphatic heterocycles. The number of methoxy groups -OCH3 is 1. The van der Waals surface area contributed by atoms with Crippen molar-refractivity contribution in [3.8, 4) is 0 Å². The number of nitro benzene ring substituents is 1. The van der Waals surface area contributed by atoms with Gasteiger partial charge in [0.05, 0.1) is 30.1 Å². The van der Waals surface area contributed by atoms with Gasteiger partial charge in [0.1, 0.15) is 11.5 Å². The Labute approximate surface area is 198 Å². The Morgan fingerprint density at radius 2 is 1.80 bits per heavy atom. The smallest absolute Gasteiger partial charge is 0.416 e. The molecule has 0 radical (unpaired) electrons. The molecule has 3 rings (SSSR count). The van der Waals surface area contributed by atoms with Gasteiger partial charge in [0.15, 0.2) is 0 Å². The number of anilines is 1. The summed E-state index contributed by atoms with van der Waals surface area (Å²) in [5.74, 6) is -1.88. The predicted octanol–water partition coefficient (Wildman–Crippen LogP) is 4.39. The number of amides is 1. The van der Waals surface area contributed by atoms with Gasteiger partial charge in [-0.3, -0.25) is 19.7 Å². The van der Waals surface area contributed by atoms with Crippen LogP contribution in [0.2, 0.25) is 0 Å². The number of hydrogen-bond acceptors (Lipinski definition) is 6. The molecule has 8 nitrogen and oxygen atoms in total. The third-order valence-electron chi connectivity index (χ3n) is 5.89. The number of nitro groups is 1. The number of halogens is 4. The molecule has 35 heavy (non-hydrogen) atoms. The summed E-state index contributed by atoms with van der Waals surface area (Å²) in [6.45, 7) is 0.422. The van der Waals surface area contributed by atoms with E-state index in [-0.39, 0.29) is 31.1 Å². The van der Waals surface area contributed by atoms with Crippen LogP contribution in [0.3, 0.4) is 0 Å². The first-order chi connectivity index (χ1) is 16.5. The number of piperidine rings is 1. The predicted molar refractivity (Wildman–Crippen MR) is 117 cm³/mol. The van der Waals surface area contributed by atoms with Gasteiger partial charge in [-0.2, -0.15) is 13.2 Å². The second-order valence-electron chi connectivity index (χ2n) is 8.11. The molecule has 0 aliphatic carbocycles. The van der Waals surface area contributed by atoms with E-state index in [9.17, 15) is 37.3 Å². The number of nitrogens with one attached hydrogen (secondary N) is 1. The zero-order chi connectivity index (χ0) is 25.8. The lowest BCUT2D eigenvalue weighted by Crippen LogP contribution is -2.42. The van der Waals surface area contributed by atoms with Crippen molar-refractivity contribution in [2.75, 3.05) is 25.1 Å². The van der Waals surface area contributed by atoms with Crippen LogP contribution in [0, 0.1) is 21.8 Å². The monoisotopic (exact) mass is 497 g/mol. The summed E-state index contributed by atoms with van der Waals surface area (Å²) in [6, 6.07) is 6.95. The standard InChI is InChI=1S/C23H23F4N3O5/c1-35-21(31)13-18(14-2-5-17(24)6-3-14)28-22(32)15-8-10-29(11-9-15)19-7-4-16(23(25,26)27)12-20(19)30(33)34/h2-7,12,15,18H,8-11,13H2,1H3,(H,28,32). The first-order valence-electron chi connectivity index (χ1n) is 10.7. The summed E-state index contributed by atoms with van der Waals surface area (Å²) in [7, 11) is 1.21. The number of hydrogen-bond donors (Lipinski definition) is 1. The molecule has 1 fully saturated rings. The number of rotatable bonds is 7. The molecule has 0 saturated carbocycles. The highest BCUT2D eigenvalue weighted by molar-refractivity contribution is 5.80. The average Bonchev–Trinajstić information content (AvgIpc) is 2.83. The molecule has 2 aromatic rings. The molecule has 1 aliphatic rings. The molecule has 1 N–H and O–H groups in total. The number of esters is 1. The Morgan fingerprint density at radius 3 is 2.34 bits per heavy atom. The van der Waals surface area contributed by atoms with Gasteiger partial charge in [-0.15, -0.1) is 0 Å². The third-order valence-corrected chi connectivity index (χ3v) is 5.89. The van der Waals surface area contributed by atoms with Crippen molar-refractivity contribution in [2.45, 2.75) is 31.5 Å². The number of carbonyl (C=O) groups is 2. The molecule has 1 heterocycles. The first kappa shape index (κ1) is 25.9. The molecular weight excluding hydrogens is 474 g/mol. The van der Waals surface area contributed by atoms with Gasteiger partial charge in [-0.25, -0.2) is 4.39 Å². The quantitative estimate of drug-likeness (QED) is 0.264. The van der Waals surface area contributed by atoms with Crippen molar-refractivity contribution in [2.24, 2.45) is 5.92 Å². The molecule has 1 unspecified atom stereocenters. The molecule has 1 amide bonds. The second kappa shape index (κ2) is 10.7. The van der Waals surface area contributed by atoms with Crippen molar-refractivity contribution in [1.82, 2.24) is 5.32 Å². The van der Waals surface area contributed by atoms with E-state index in [0.717, 1.165) is 12.1 Å². The Morgan fingerprint density at radius 1 is 1.17 bits per heavy atom. The van der Waals surface area contributed by atoms with E-state index in [0.29, 0.717) is 24.5 Å². The van der Waals surface area contributed by atoms with E-state index >= 15 is 0 Å². The zero-order valence-corrected chi connectivity index (χ0v) is 18.7. The molecule has 188 valence electrons. The van der Waals surface area contributed by atoms with Crippen molar-refractivity contribution in [3.05, 3.63) is 69.5 Å². The average molecular weight is 497 g/mol. The Balaban J connectivity index is 1.69. The van der Waals surface area contributed by atoms with Crippen LogP contribution in [0.15, 0.2) is 42.5 Å². The maximum Gasteiger partial charge on any atom is 0.416 e. The van der Waals surface area contributed by atoms with E-state index in [1.165, 1.54) is 31.4 Å². The van der Waals surface area contributed by atoms with Gasteiger partial charge in [0.25, 0.3) is 5.69 Å². The number of benzene rings is 2. The van der Waals surface area contributed by atoms with Crippen molar-refractivity contribution < 1.29 is 36.8 Å². The molecule has 0 bridgehead atoms. The summed E-state index contributed by atoms with van der Waals surface area (Å²) in [5, 5.41) is 14.2. The van der Waals surface area contributed by atoms with Crippen molar-refractivity contribution in [3.63, 3.8) is 0 Å². The van der Waals surface area contributed by atoms with E-state index in [2.05, 4.69) is 10.1 Å². The van der Waals surface area contributed by atoms with Crippen LogP contribution in [-0.4, -0.2) is 37.0 Å². The minimum Gasteiger partial charge on any atom is -0.469 e. The van der Waals surface area contributed by atoms with Crippen LogP contribution in [0.5, 0.6) is 0 Å². The summed E-state index contributed by atoms with van der Waals surface area (Å²) in [5.41, 5.74) is -1.20. The Kier molecular flexibility index (Phi) is 7.92. The highest BCUT2D eigenvalue weighted by Crippen LogP contribution is 2.37. The minimum absolute atomic E-state index is 0.0525. The highest BCUT2D eigenvalue weighted by atomic mass is 19.4. The van der Waals surface area contributed by atoms with E-state index in [4.69, 9.17) is 0 Å². The maximum atomic E-state index is 13.3. The van der Waals surface area contributed by atoms with Crippen LogP contribution in [-0.2, 0) is 20.5 Å². The number of carbonyl (C=O) groups excluding carboxylic acids is 2. The molecule has 0 aromatic heterocycles. The maximum absolute atomic E-state index is 13.3. The molecular formula is C23H23F4N3O5. The minimum atomic E-state index is -4.71. The van der Waals surface area contributed by atoms with E-state index < -0.39 is 46.1 Å². The van der Waals surface area contributed by atoms with E-state index in [1.54, 1.807) is 4.90 Å². The van der Waals surface area contributed by atoms with Crippen LogP contribution < -0.4 is 10.2 Å². The lowest BCUT2D eigenvalue weighted by Gasteiger charge is -2.33. The molecule has 1 atom stereocenters.